The first-order chi connectivity index (χ1) is 9.06. The fourth-order valence-corrected chi connectivity index (χ4v) is 3.51. The van der Waals surface area contributed by atoms with Crippen LogP contribution in [0, 0.1) is 6.92 Å². The standard InChI is InChI=1S/C13H16O5S/c1-9-2-4-10(5-3-9)19(14,15)18-12-8-17-11-6-7-16-13(11)12/h2-5,11-13H,6-8H2,1H3. The molecular formula is C13H16O5S. The van der Waals surface area contributed by atoms with E-state index in [-0.39, 0.29) is 23.7 Å². The lowest BCUT2D eigenvalue weighted by Crippen LogP contribution is -2.32. The zero-order valence-electron chi connectivity index (χ0n) is 10.6. The summed E-state index contributed by atoms with van der Waals surface area (Å²) in [6.07, 6.45) is -0.0352. The summed E-state index contributed by atoms with van der Waals surface area (Å²) in [7, 11) is -3.76. The molecule has 3 rings (SSSR count). The van der Waals surface area contributed by atoms with Gasteiger partial charge in [-0.2, -0.15) is 8.42 Å². The molecule has 0 N–H and O–H groups in total. The molecule has 3 unspecified atom stereocenters. The summed E-state index contributed by atoms with van der Waals surface area (Å²) < 4.78 is 40.5. The van der Waals surface area contributed by atoms with Crippen molar-refractivity contribution in [3.05, 3.63) is 29.8 Å². The quantitative estimate of drug-likeness (QED) is 0.782. The van der Waals surface area contributed by atoms with E-state index >= 15 is 0 Å². The maximum Gasteiger partial charge on any atom is 0.297 e. The van der Waals surface area contributed by atoms with Crippen molar-refractivity contribution < 1.29 is 22.1 Å². The number of fused-ring (bicyclic) bond motifs is 1. The zero-order chi connectivity index (χ0) is 13.5. The maximum atomic E-state index is 12.2. The van der Waals surface area contributed by atoms with E-state index in [1.807, 2.05) is 6.92 Å². The molecular weight excluding hydrogens is 268 g/mol. The highest BCUT2D eigenvalue weighted by atomic mass is 32.2. The van der Waals surface area contributed by atoms with E-state index in [2.05, 4.69) is 0 Å². The molecule has 1 aromatic carbocycles. The highest BCUT2D eigenvalue weighted by molar-refractivity contribution is 7.86. The van der Waals surface area contributed by atoms with E-state index < -0.39 is 16.2 Å². The molecule has 104 valence electrons. The molecule has 1 aromatic rings. The van der Waals surface area contributed by atoms with Crippen LogP contribution in [-0.4, -0.2) is 39.9 Å². The van der Waals surface area contributed by atoms with Gasteiger partial charge in [-0.05, 0) is 25.5 Å². The Bertz CT molecular complexity index is 551. The predicted molar refractivity (Wildman–Crippen MR) is 67.3 cm³/mol. The lowest BCUT2D eigenvalue weighted by Gasteiger charge is -2.16. The average Bonchev–Trinajstić information content (AvgIpc) is 2.95. The van der Waals surface area contributed by atoms with Crippen LogP contribution < -0.4 is 0 Å². The van der Waals surface area contributed by atoms with Gasteiger partial charge >= 0.3 is 0 Å². The van der Waals surface area contributed by atoms with Crippen LogP contribution in [0.1, 0.15) is 12.0 Å². The van der Waals surface area contributed by atoms with Gasteiger partial charge in [-0.1, -0.05) is 17.7 Å². The molecule has 19 heavy (non-hydrogen) atoms. The fourth-order valence-electron chi connectivity index (χ4n) is 2.44. The second-order valence-electron chi connectivity index (χ2n) is 4.90. The van der Waals surface area contributed by atoms with Crippen molar-refractivity contribution in [1.29, 1.82) is 0 Å². The van der Waals surface area contributed by atoms with Gasteiger partial charge in [0.15, 0.2) is 0 Å². The van der Waals surface area contributed by atoms with Crippen molar-refractivity contribution in [3.63, 3.8) is 0 Å². The van der Waals surface area contributed by atoms with Gasteiger partial charge in [0.2, 0.25) is 0 Å². The normalized spacial score (nSPS) is 30.5. The Labute approximate surface area is 112 Å². The molecule has 0 spiro atoms. The van der Waals surface area contributed by atoms with E-state index in [0.717, 1.165) is 12.0 Å². The smallest absolute Gasteiger partial charge is 0.297 e. The number of aryl methyl sites for hydroxylation is 1. The molecule has 5 nitrogen and oxygen atoms in total. The third-order valence-electron chi connectivity index (χ3n) is 3.48. The number of ether oxygens (including phenoxy) is 2. The molecule has 0 aliphatic carbocycles. The topological polar surface area (TPSA) is 61.8 Å². The number of benzene rings is 1. The number of hydrogen-bond acceptors (Lipinski definition) is 5. The van der Waals surface area contributed by atoms with Crippen LogP contribution in [0.5, 0.6) is 0 Å². The molecule has 2 heterocycles. The highest BCUT2D eigenvalue weighted by Gasteiger charge is 2.44. The maximum absolute atomic E-state index is 12.2. The van der Waals surface area contributed by atoms with Crippen LogP contribution in [-0.2, 0) is 23.8 Å². The van der Waals surface area contributed by atoms with Crippen LogP contribution in [0.3, 0.4) is 0 Å². The van der Waals surface area contributed by atoms with Crippen molar-refractivity contribution in [2.45, 2.75) is 36.6 Å². The van der Waals surface area contributed by atoms with Crippen molar-refractivity contribution >= 4 is 10.1 Å². The van der Waals surface area contributed by atoms with Gasteiger partial charge in [-0.3, -0.25) is 4.18 Å². The molecule has 2 fully saturated rings. The van der Waals surface area contributed by atoms with Gasteiger partial charge in [0.25, 0.3) is 10.1 Å². The van der Waals surface area contributed by atoms with Gasteiger partial charge in [0.1, 0.15) is 12.2 Å². The minimum atomic E-state index is -3.76. The zero-order valence-corrected chi connectivity index (χ0v) is 11.4. The Balaban J connectivity index is 1.76. The van der Waals surface area contributed by atoms with E-state index in [1.165, 1.54) is 0 Å². The second kappa shape index (κ2) is 4.86. The molecule has 3 atom stereocenters. The molecule has 0 radical (unpaired) electrons. The van der Waals surface area contributed by atoms with Crippen molar-refractivity contribution in [2.24, 2.45) is 0 Å². The molecule has 2 aliphatic rings. The molecule has 2 saturated heterocycles. The van der Waals surface area contributed by atoms with Gasteiger partial charge in [-0.15, -0.1) is 0 Å². The molecule has 0 amide bonds. The van der Waals surface area contributed by atoms with Crippen LogP contribution in [0.2, 0.25) is 0 Å². The molecule has 2 aliphatic heterocycles. The number of hydrogen-bond donors (Lipinski definition) is 0. The Kier molecular flexibility index (Phi) is 3.34. The highest BCUT2D eigenvalue weighted by Crippen LogP contribution is 2.30. The Hall–Kier alpha value is -0.950. The summed E-state index contributed by atoms with van der Waals surface area (Å²) in [5.74, 6) is 0. The van der Waals surface area contributed by atoms with Crippen LogP contribution in [0.4, 0.5) is 0 Å². The fraction of sp³-hybridized carbons (Fsp3) is 0.538. The SMILES string of the molecule is Cc1ccc(S(=O)(=O)OC2COC3CCOC32)cc1. The lowest BCUT2D eigenvalue weighted by molar-refractivity contribution is 0.0336. The molecule has 0 bridgehead atoms. The largest absolute Gasteiger partial charge is 0.373 e. The Morgan fingerprint density at radius 2 is 1.95 bits per heavy atom. The third kappa shape index (κ3) is 2.53. The minimum absolute atomic E-state index is 0.0294. The van der Waals surface area contributed by atoms with Gasteiger partial charge in [0.05, 0.1) is 17.6 Å². The van der Waals surface area contributed by atoms with Crippen LogP contribution in [0.25, 0.3) is 0 Å². The third-order valence-corrected chi connectivity index (χ3v) is 4.83. The van der Waals surface area contributed by atoms with Gasteiger partial charge in [-0.25, -0.2) is 0 Å². The first-order valence-corrected chi connectivity index (χ1v) is 7.70. The monoisotopic (exact) mass is 284 g/mol. The Morgan fingerprint density at radius 1 is 1.21 bits per heavy atom. The van der Waals surface area contributed by atoms with Crippen LogP contribution >= 0.6 is 0 Å². The predicted octanol–water partition coefficient (Wildman–Crippen LogP) is 1.26. The average molecular weight is 284 g/mol. The van der Waals surface area contributed by atoms with E-state index in [0.29, 0.717) is 6.61 Å². The minimum Gasteiger partial charge on any atom is -0.373 e. The summed E-state index contributed by atoms with van der Waals surface area (Å²) in [6.45, 7) is 2.76. The lowest BCUT2D eigenvalue weighted by atomic mass is 10.1. The van der Waals surface area contributed by atoms with Crippen molar-refractivity contribution in [1.82, 2.24) is 0 Å². The van der Waals surface area contributed by atoms with Crippen LogP contribution in [0.15, 0.2) is 29.2 Å². The number of rotatable bonds is 3. The molecule has 0 aromatic heterocycles. The first-order valence-electron chi connectivity index (χ1n) is 6.29. The summed E-state index contributed by atoms with van der Waals surface area (Å²) >= 11 is 0. The first kappa shape index (κ1) is 13.1. The summed E-state index contributed by atoms with van der Waals surface area (Å²) in [4.78, 5) is 0.166. The van der Waals surface area contributed by atoms with Crippen molar-refractivity contribution in [2.75, 3.05) is 13.2 Å². The van der Waals surface area contributed by atoms with E-state index in [9.17, 15) is 8.42 Å². The molecule has 6 heteroatoms. The second-order valence-corrected chi connectivity index (χ2v) is 6.47. The van der Waals surface area contributed by atoms with E-state index in [1.54, 1.807) is 24.3 Å². The Morgan fingerprint density at radius 3 is 2.68 bits per heavy atom. The van der Waals surface area contributed by atoms with Gasteiger partial charge < -0.3 is 9.47 Å². The van der Waals surface area contributed by atoms with E-state index in [4.69, 9.17) is 13.7 Å². The molecule has 0 saturated carbocycles. The summed E-state index contributed by atoms with van der Waals surface area (Å²) in [5, 5.41) is 0. The summed E-state index contributed by atoms with van der Waals surface area (Å²) in [5.41, 5.74) is 1.00. The summed E-state index contributed by atoms with van der Waals surface area (Å²) in [6, 6.07) is 6.59. The van der Waals surface area contributed by atoms with Crippen molar-refractivity contribution in [3.8, 4) is 0 Å². The van der Waals surface area contributed by atoms with Gasteiger partial charge in [0, 0.05) is 6.61 Å².